The fraction of sp³-hybridized carbons (Fsp3) is 0.250. The summed E-state index contributed by atoms with van der Waals surface area (Å²) in [6, 6.07) is 9.67. The van der Waals surface area contributed by atoms with Crippen molar-refractivity contribution in [2.45, 2.75) is 20.3 Å². The van der Waals surface area contributed by atoms with Gasteiger partial charge >= 0.3 is 5.97 Å². The number of hydrogen-bond acceptors (Lipinski definition) is 2. The van der Waals surface area contributed by atoms with Crippen LogP contribution in [0, 0.1) is 0 Å². The summed E-state index contributed by atoms with van der Waals surface area (Å²) in [7, 11) is 0. The molecule has 0 amide bonds. The monoisotopic (exact) mass is 316 g/mol. The van der Waals surface area contributed by atoms with Crippen molar-refractivity contribution in [1.29, 1.82) is 0 Å². The lowest BCUT2D eigenvalue weighted by atomic mass is 10.1. The van der Waals surface area contributed by atoms with Crippen molar-refractivity contribution in [3.63, 3.8) is 0 Å². The van der Waals surface area contributed by atoms with Gasteiger partial charge in [0.1, 0.15) is 5.76 Å². The Kier molecular flexibility index (Phi) is 4.81. The number of halogens is 1. The summed E-state index contributed by atoms with van der Waals surface area (Å²) in [4.78, 5) is 11.0. The van der Waals surface area contributed by atoms with Crippen molar-refractivity contribution >= 4 is 34.3 Å². The maximum atomic E-state index is 11.0. The predicted molar refractivity (Wildman–Crippen MR) is 69.4 cm³/mol. The minimum atomic E-state index is -0.281. The van der Waals surface area contributed by atoms with Crippen molar-refractivity contribution in [2.75, 3.05) is 0 Å². The van der Waals surface area contributed by atoms with Crippen molar-refractivity contribution in [1.82, 2.24) is 0 Å². The van der Waals surface area contributed by atoms with E-state index < -0.39 is 0 Å². The van der Waals surface area contributed by atoms with Crippen molar-refractivity contribution in [3.05, 3.63) is 39.5 Å². The Balaban J connectivity index is 3.08. The highest BCUT2D eigenvalue weighted by Gasteiger charge is 2.09. The Labute approximate surface area is 103 Å². The van der Waals surface area contributed by atoms with Gasteiger partial charge in [0, 0.05) is 16.1 Å². The van der Waals surface area contributed by atoms with Crippen LogP contribution in [-0.2, 0) is 9.53 Å². The lowest BCUT2D eigenvalue weighted by molar-refractivity contribution is -0.134. The molecule has 2 nitrogen and oxygen atoms in total. The average Bonchev–Trinajstić information content (AvgIpc) is 2.26. The summed E-state index contributed by atoms with van der Waals surface area (Å²) in [5, 5.41) is 0. The SMILES string of the molecule is CC/C(I)=C(\OC(C)=O)c1ccccc1. The highest BCUT2D eigenvalue weighted by molar-refractivity contribution is 14.1. The summed E-state index contributed by atoms with van der Waals surface area (Å²) in [6.07, 6.45) is 0.859. The molecule has 0 atom stereocenters. The first-order valence-electron chi connectivity index (χ1n) is 4.77. The van der Waals surface area contributed by atoms with Gasteiger partial charge in [0.25, 0.3) is 0 Å². The van der Waals surface area contributed by atoms with Gasteiger partial charge < -0.3 is 4.74 Å². The van der Waals surface area contributed by atoms with E-state index >= 15 is 0 Å². The molecule has 0 bridgehead atoms. The minimum Gasteiger partial charge on any atom is -0.425 e. The van der Waals surface area contributed by atoms with Crippen molar-refractivity contribution in [2.24, 2.45) is 0 Å². The van der Waals surface area contributed by atoms with Crippen LogP contribution in [0.15, 0.2) is 33.9 Å². The number of benzene rings is 1. The highest BCUT2D eigenvalue weighted by Crippen LogP contribution is 2.26. The molecule has 0 heterocycles. The molecule has 0 spiro atoms. The van der Waals surface area contributed by atoms with E-state index in [0.29, 0.717) is 5.76 Å². The van der Waals surface area contributed by atoms with E-state index in [0.717, 1.165) is 15.6 Å². The predicted octanol–water partition coefficient (Wildman–Crippen LogP) is 3.76. The first kappa shape index (κ1) is 12.2. The zero-order chi connectivity index (χ0) is 11.3. The van der Waals surface area contributed by atoms with Gasteiger partial charge in [-0.25, -0.2) is 0 Å². The van der Waals surface area contributed by atoms with Gasteiger partial charge in [0.15, 0.2) is 0 Å². The largest absolute Gasteiger partial charge is 0.425 e. The molecule has 0 fully saturated rings. The third kappa shape index (κ3) is 3.66. The van der Waals surface area contributed by atoms with Crippen LogP contribution in [0.4, 0.5) is 0 Å². The molecule has 0 aliphatic carbocycles. The van der Waals surface area contributed by atoms with Crippen LogP contribution < -0.4 is 0 Å². The number of rotatable bonds is 3. The quantitative estimate of drug-likeness (QED) is 0.482. The fourth-order valence-electron chi connectivity index (χ4n) is 1.16. The normalized spacial score (nSPS) is 11.9. The summed E-state index contributed by atoms with van der Waals surface area (Å²) in [6.45, 7) is 3.46. The smallest absolute Gasteiger partial charge is 0.308 e. The molecule has 0 unspecified atom stereocenters. The molecular formula is C12H13IO2. The molecule has 80 valence electrons. The highest BCUT2D eigenvalue weighted by atomic mass is 127. The summed E-state index contributed by atoms with van der Waals surface area (Å²) >= 11 is 2.21. The molecule has 0 aliphatic heterocycles. The van der Waals surface area contributed by atoms with Crippen molar-refractivity contribution < 1.29 is 9.53 Å². The zero-order valence-electron chi connectivity index (χ0n) is 8.79. The first-order chi connectivity index (χ1) is 7.15. The maximum absolute atomic E-state index is 11.0. The second-order valence-electron chi connectivity index (χ2n) is 3.05. The third-order valence-electron chi connectivity index (χ3n) is 1.84. The molecule has 3 heteroatoms. The number of allylic oxidation sites excluding steroid dienone is 1. The van der Waals surface area contributed by atoms with Gasteiger partial charge in [-0.2, -0.15) is 0 Å². The summed E-state index contributed by atoms with van der Waals surface area (Å²) < 4.78 is 6.27. The number of ether oxygens (including phenoxy) is 1. The molecule has 1 aromatic carbocycles. The van der Waals surface area contributed by atoms with Gasteiger partial charge in [-0.05, 0) is 29.0 Å². The second kappa shape index (κ2) is 5.90. The Bertz CT molecular complexity index is 368. The lowest BCUT2D eigenvalue weighted by Crippen LogP contribution is -1.99. The molecule has 0 aromatic heterocycles. The molecule has 15 heavy (non-hydrogen) atoms. The molecule has 1 rings (SSSR count). The Morgan fingerprint density at radius 1 is 1.33 bits per heavy atom. The molecule has 1 aromatic rings. The van der Waals surface area contributed by atoms with Crippen LogP contribution in [0.3, 0.4) is 0 Å². The van der Waals surface area contributed by atoms with E-state index in [9.17, 15) is 4.79 Å². The second-order valence-corrected chi connectivity index (χ2v) is 4.35. The number of esters is 1. The molecule has 0 saturated carbocycles. The van der Waals surface area contributed by atoms with Gasteiger partial charge in [-0.15, -0.1) is 0 Å². The Morgan fingerprint density at radius 2 is 1.93 bits per heavy atom. The van der Waals surface area contributed by atoms with E-state index in [-0.39, 0.29) is 5.97 Å². The van der Waals surface area contributed by atoms with E-state index in [4.69, 9.17) is 4.74 Å². The van der Waals surface area contributed by atoms with Gasteiger partial charge in [0.05, 0.1) is 0 Å². The van der Waals surface area contributed by atoms with E-state index in [1.807, 2.05) is 37.3 Å². The lowest BCUT2D eigenvalue weighted by Gasteiger charge is -2.09. The van der Waals surface area contributed by atoms with Gasteiger partial charge in [-0.3, -0.25) is 4.79 Å². The third-order valence-corrected chi connectivity index (χ3v) is 3.09. The number of hydrogen-bond donors (Lipinski definition) is 0. The van der Waals surface area contributed by atoms with E-state index in [1.54, 1.807) is 0 Å². The molecule has 0 radical (unpaired) electrons. The molecule has 0 saturated heterocycles. The number of carbonyl (C=O) groups is 1. The molecular weight excluding hydrogens is 303 g/mol. The van der Waals surface area contributed by atoms with Crippen LogP contribution in [0.5, 0.6) is 0 Å². The Hall–Kier alpha value is -0.840. The summed E-state index contributed by atoms with van der Waals surface area (Å²) in [5.74, 6) is 0.391. The van der Waals surface area contributed by atoms with E-state index in [2.05, 4.69) is 22.6 Å². The van der Waals surface area contributed by atoms with Gasteiger partial charge in [0.2, 0.25) is 0 Å². The maximum Gasteiger partial charge on any atom is 0.308 e. The topological polar surface area (TPSA) is 26.3 Å². The molecule has 0 N–H and O–H groups in total. The van der Waals surface area contributed by atoms with Gasteiger partial charge in [-0.1, -0.05) is 37.3 Å². The first-order valence-corrected chi connectivity index (χ1v) is 5.85. The van der Waals surface area contributed by atoms with Crippen LogP contribution in [0.2, 0.25) is 0 Å². The van der Waals surface area contributed by atoms with Crippen LogP contribution >= 0.6 is 22.6 Å². The minimum absolute atomic E-state index is 0.281. The zero-order valence-corrected chi connectivity index (χ0v) is 10.9. The number of carbonyl (C=O) groups excluding carboxylic acids is 1. The van der Waals surface area contributed by atoms with Crippen LogP contribution in [0.1, 0.15) is 25.8 Å². The van der Waals surface area contributed by atoms with Crippen molar-refractivity contribution in [3.8, 4) is 0 Å². The van der Waals surface area contributed by atoms with Crippen LogP contribution in [-0.4, -0.2) is 5.97 Å². The van der Waals surface area contributed by atoms with Crippen LogP contribution in [0.25, 0.3) is 5.76 Å². The molecule has 0 aliphatic rings. The summed E-state index contributed by atoms with van der Waals surface area (Å²) in [5.41, 5.74) is 0.943. The fourth-order valence-corrected chi connectivity index (χ4v) is 1.59. The standard InChI is InChI=1S/C12H13IO2/c1-3-11(13)12(15-9(2)14)10-7-5-4-6-8-10/h4-8H,3H2,1-2H3/b12-11+. The van der Waals surface area contributed by atoms with E-state index in [1.165, 1.54) is 6.92 Å². The Morgan fingerprint density at radius 3 is 2.40 bits per heavy atom. The average molecular weight is 316 g/mol.